The summed E-state index contributed by atoms with van der Waals surface area (Å²) in [5.74, 6) is 1.31. The van der Waals surface area contributed by atoms with E-state index in [0.717, 1.165) is 5.39 Å². The van der Waals surface area contributed by atoms with Gasteiger partial charge in [0.25, 0.3) is 5.56 Å². The molecule has 0 fully saturated rings. The molecule has 0 saturated carbocycles. The normalized spacial score (nSPS) is 12.6. The number of aromatic amines is 1. The molecule has 0 spiro atoms. The smallest absolute Gasteiger partial charge is 0.319 e. The van der Waals surface area contributed by atoms with Crippen LogP contribution >= 0.6 is 0 Å². The summed E-state index contributed by atoms with van der Waals surface area (Å²) in [6.07, 6.45) is 0.419. The highest BCUT2D eigenvalue weighted by Gasteiger charge is 2.14. The molecular weight excluding hydrogens is 346 g/mol. The van der Waals surface area contributed by atoms with Gasteiger partial charge in [-0.15, -0.1) is 0 Å². The average Bonchev–Trinajstić information content (AvgIpc) is 2.68. The summed E-state index contributed by atoms with van der Waals surface area (Å²) in [4.78, 5) is 27.1. The molecule has 7 nitrogen and oxygen atoms in total. The summed E-state index contributed by atoms with van der Waals surface area (Å²) in [5, 5.41) is 6.36. The van der Waals surface area contributed by atoms with Crippen molar-refractivity contribution in [2.45, 2.75) is 6.42 Å². The first-order valence-corrected chi connectivity index (χ1v) is 8.74. The van der Waals surface area contributed by atoms with Crippen LogP contribution in [0, 0.1) is 0 Å². The van der Waals surface area contributed by atoms with Crippen LogP contribution in [0.3, 0.4) is 0 Å². The molecule has 3 aromatic rings. The number of carbonyl (C=O) groups is 1. The van der Waals surface area contributed by atoms with Gasteiger partial charge in [0.05, 0.1) is 5.52 Å². The van der Waals surface area contributed by atoms with E-state index >= 15 is 0 Å². The van der Waals surface area contributed by atoms with Gasteiger partial charge in [-0.3, -0.25) is 4.79 Å². The molecule has 0 bridgehead atoms. The van der Waals surface area contributed by atoms with Crippen LogP contribution in [0.5, 0.6) is 11.5 Å². The van der Waals surface area contributed by atoms with Crippen LogP contribution in [0.2, 0.25) is 0 Å². The van der Waals surface area contributed by atoms with E-state index in [2.05, 4.69) is 15.6 Å². The highest BCUT2D eigenvalue weighted by molar-refractivity contribution is 5.89. The van der Waals surface area contributed by atoms with Gasteiger partial charge < -0.3 is 25.1 Å². The monoisotopic (exact) mass is 365 g/mol. The highest BCUT2D eigenvalue weighted by atomic mass is 16.6. The number of nitrogens with one attached hydrogen (secondary N) is 3. The lowest BCUT2D eigenvalue weighted by molar-refractivity contribution is 0.172. The topological polar surface area (TPSA) is 92.5 Å². The second-order valence-electron chi connectivity index (χ2n) is 6.20. The Labute approximate surface area is 155 Å². The molecule has 0 atom stereocenters. The fraction of sp³-hybridized carbons (Fsp3) is 0.200. The number of ether oxygens (including phenoxy) is 2. The van der Waals surface area contributed by atoms with E-state index in [1.165, 1.54) is 0 Å². The minimum Gasteiger partial charge on any atom is -0.486 e. The molecule has 27 heavy (non-hydrogen) atoms. The number of aromatic nitrogens is 1. The van der Waals surface area contributed by atoms with Gasteiger partial charge in [-0.1, -0.05) is 18.2 Å². The number of rotatable bonds is 4. The largest absolute Gasteiger partial charge is 0.486 e. The summed E-state index contributed by atoms with van der Waals surface area (Å²) in [6.45, 7) is 1.35. The molecule has 4 rings (SSSR count). The number of urea groups is 1. The molecule has 138 valence electrons. The van der Waals surface area contributed by atoms with Gasteiger partial charge in [0.1, 0.15) is 13.2 Å². The minimum absolute atomic E-state index is 0.176. The average molecular weight is 365 g/mol. The minimum atomic E-state index is -0.307. The van der Waals surface area contributed by atoms with Crippen LogP contribution in [0.4, 0.5) is 10.5 Å². The SMILES string of the molecule is O=C(NCCc1cc2cc3c(cc2[nH]c1=O)OCCO3)Nc1ccccc1. The van der Waals surface area contributed by atoms with E-state index in [-0.39, 0.29) is 11.6 Å². The van der Waals surface area contributed by atoms with Gasteiger partial charge in [0.15, 0.2) is 11.5 Å². The Morgan fingerprint density at radius 3 is 2.56 bits per heavy atom. The van der Waals surface area contributed by atoms with Crippen molar-refractivity contribution in [1.29, 1.82) is 0 Å². The maximum atomic E-state index is 12.3. The third-order valence-corrected chi connectivity index (χ3v) is 4.30. The molecule has 1 aliphatic rings. The first-order valence-electron chi connectivity index (χ1n) is 8.74. The Kier molecular flexibility index (Phi) is 4.65. The molecule has 0 aliphatic carbocycles. The summed E-state index contributed by atoms with van der Waals surface area (Å²) < 4.78 is 11.1. The van der Waals surface area contributed by atoms with Gasteiger partial charge in [-0.25, -0.2) is 4.79 Å². The maximum Gasteiger partial charge on any atom is 0.319 e. The Morgan fingerprint density at radius 2 is 1.78 bits per heavy atom. The standard InChI is InChI=1S/C20H19N3O4/c24-19-13(6-7-21-20(25)22-15-4-2-1-3-5-15)10-14-11-17-18(12-16(14)23-19)27-9-8-26-17/h1-5,10-12H,6-9H2,(H,23,24)(H2,21,22,25). The van der Waals surface area contributed by atoms with Crippen molar-refractivity contribution >= 4 is 22.6 Å². The molecule has 7 heteroatoms. The lowest BCUT2D eigenvalue weighted by Gasteiger charge is -2.18. The number of benzene rings is 2. The van der Waals surface area contributed by atoms with E-state index in [4.69, 9.17) is 9.47 Å². The van der Waals surface area contributed by atoms with Crippen LogP contribution < -0.4 is 25.7 Å². The van der Waals surface area contributed by atoms with Crippen LogP contribution in [-0.4, -0.2) is 30.8 Å². The summed E-state index contributed by atoms with van der Waals surface area (Å²) in [5.41, 5.74) is 1.83. The quantitative estimate of drug-likeness (QED) is 0.663. The molecule has 1 aromatic heterocycles. The van der Waals surface area contributed by atoms with E-state index in [1.54, 1.807) is 18.2 Å². The van der Waals surface area contributed by atoms with Crippen LogP contribution in [0.15, 0.2) is 53.3 Å². The number of amides is 2. The number of pyridine rings is 1. The van der Waals surface area contributed by atoms with E-state index < -0.39 is 0 Å². The van der Waals surface area contributed by atoms with Crippen LogP contribution in [-0.2, 0) is 6.42 Å². The van der Waals surface area contributed by atoms with Crippen molar-refractivity contribution in [1.82, 2.24) is 10.3 Å². The number of para-hydroxylation sites is 1. The number of hydrogen-bond donors (Lipinski definition) is 3. The predicted octanol–water partition coefficient (Wildman–Crippen LogP) is 2.66. The van der Waals surface area contributed by atoms with Crippen molar-refractivity contribution in [2.75, 3.05) is 25.1 Å². The predicted molar refractivity (Wildman–Crippen MR) is 103 cm³/mol. The lowest BCUT2D eigenvalue weighted by Crippen LogP contribution is -2.31. The summed E-state index contributed by atoms with van der Waals surface area (Å²) in [6, 6.07) is 14.3. The van der Waals surface area contributed by atoms with Gasteiger partial charge in [0, 0.05) is 29.2 Å². The van der Waals surface area contributed by atoms with Crippen molar-refractivity contribution in [3.05, 3.63) is 64.4 Å². The number of anilines is 1. The number of carbonyl (C=O) groups excluding carboxylic acids is 1. The second-order valence-corrected chi connectivity index (χ2v) is 6.20. The van der Waals surface area contributed by atoms with Crippen molar-refractivity contribution < 1.29 is 14.3 Å². The Hall–Kier alpha value is -3.48. The highest BCUT2D eigenvalue weighted by Crippen LogP contribution is 2.33. The maximum absolute atomic E-state index is 12.3. The van der Waals surface area contributed by atoms with Gasteiger partial charge >= 0.3 is 6.03 Å². The fourth-order valence-electron chi connectivity index (χ4n) is 2.98. The van der Waals surface area contributed by atoms with E-state index in [0.29, 0.717) is 54.4 Å². The van der Waals surface area contributed by atoms with Crippen molar-refractivity contribution in [2.24, 2.45) is 0 Å². The first kappa shape index (κ1) is 17.0. The molecule has 2 aromatic carbocycles. The number of fused-ring (bicyclic) bond motifs is 2. The van der Waals surface area contributed by atoms with Gasteiger partial charge in [0.2, 0.25) is 0 Å². The lowest BCUT2D eigenvalue weighted by atomic mass is 10.1. The first-order chi connectivity index (χ1) is 13.2. The third-order valence-electron chi connectivity index (χ3n) is 4.30. The Balaban J connectivity index is 1.43. The third kappa shape index (κ3) is 3.87. The zero-order chi connectivity index (χ0) is 18.6. The van der Waals surface area contributed by atoms with E-state index in [9.17, 15) is 9.59 Å². The molecule has 2 heterocycles. The molecule has 0 unspecified atom stereocenters. The van der Waals surface area contributed by atoms with Gasteiger partial charge in [-0.05, 0) is 30.7 Å². The van der Waals surface area contributed by atoms with Crippen molar-refractivity contribution in [3.63, 3.8) is 0 Å². The zero-order valence-corrected chi connectivity index (χ0v) is 14.6. The summed E-state index contributed by atoms with van der Waals surface area (Å²) >= 11 is 0. The molecular formula is C20H19N3O4. The second kappa shape index (κ2) is 7.41. The van der Waals surface area contributed by atoms with Crippen LogP contribution in [0.1, 0.15) is 5.56 Å². The fourth-order valence-corrected chi connectivity index (χ4v) is 2.98. The van der Waals surface area contributed by atoms with Gasteiger partial charge in [-0.2, -0.15) is 0 Å². The van der Waals surface area contributed by atoms with Crippen molar-refractivity contribution in [3.8, 4) is 11.5 Å². The van der Waals surface area contributed by atoms with E-state index in [1.807, 2.05) is 30.3 Å². The summed E-state index contributed by atoms with van der Waals surface area (Å²) in [7, 11) is 0. The Morgan fingerprint density at radius 1 is 1.04 bits per heavy atom. The molecule has 3 N–H and O–H groups in total. The molecule has 1 aliphatic heterocycles. The zero-order valence-electron chi connectivity index (χ0n) is 14.6. The molecule has 0 radical (unpaired) electrons. The Bertz CT molecular complexity index is 1030. The number of hydrogen-bond acceptors (Lipinski definition) is 4. The molecule has 0 saturated heterocycles. The number of H-pyrrole nitrogens is 1. The van der Waals surface area contributed by atoms with Crippen LogP contribution in [0.25, 0.3) is 10.9 Å². The molecule has 2 amide bonds.